The van der Waals surface area contributed by atoms with Crippen molar-refractivity contribution in [3.63, 3.8) is 0 Å². The van der Waals surface area contributed by atoms with Gasteiger partial charge in [0.15, 0.2) is 0 Å². The molecule has 0 aliphatic rings. The third-order valence-electron chi connectivity index (χ3n) is 3.27. The Bertz CT molecular complexity index is 630. The van der Waals surface area contributed by atoms with Gasteiger partial charge in [-0.15, -0.1) is 11.3 Å². The number of halogens is 2. The standard InChI is InChI=1S/C15H18Cl2N2OS/c1-8(15-9(2)19-10(3)21-15)18-7-14(20)12-6-11(16)4-5-13(12)17/h4-6,8,14,18,20H,7H2,1-3H3. The minimum atomic E-state index is -0.701. The molecule has 21 heavy (non-hydrogen) atoms. The number of aromatic nitrogens is 1. The summed E-state index contributed by atoms with van der Waals surface area (Å²) in [5.41, 5.74) is 1.67. The van der Waals surface area contributed by atoms with Crippen molar-refractivity contribution in [1.82, 2.24) is 10.3 Å². The molecule has 2 atom stereocenters. The topological polar surface area (TPSA) is 45.2 Å². The SMILES string of the molecule is Cc1nc(C)c(C(C)NCC(O)c2cc(Cl)ccc2Cl)s1. The first-order valence-corrected chi connectivity index (χ1v) is 8.26. The molecular weight excluding hydrogens is 327 g/mol. The number of rotatable bonds is 5. The number of thiazole rings is 1. The number of aryl methyl sites for hydroxylation is 2. The Morgan fingerprint density at radius 2 is 2.05 bits per heavy atom. The van der Waals surface area contributed by atoms with Gasteiger partial charge in [-0.1, -0.05) is 23.2 Å². The normalized spacial score (nSPS) is 14.2. The number of hydrogen-bond donors (Lipinski definition) is 2. The Kier molecular flexibility index (Phi) is 5.63. The van der Waals surface area contributed by atoms with Gasteiger partial charge < -0.3 is 10.4 Å². The highest BCUT2D eigenvalue weighted by atomic mass is 35.5. The van der Waals surface area contributed by atoms with E-state index >= 15 is 0 Å². The van der Waals surface area contributed by atoms with Crippen LogP contribution in [0.5, 0.6) is 0 Å². The second-order valence-electron chi connectivity index (χ2n) is 4.99. The summed E-state index contributed by atoms with van der Waals surface area (Å²) in [6.07, 6.45) is -0.701. The van der Waals surface area contributed by atoms with Crippen LogP contribution in [0.25, 0.3) is 0 Å². The molecule has 0 saturated heterocycles. The molecule has 0 aliphatic heterocycles. The highest BCUT2D eigenvalue weighted by Gasteiger charge is 2.16. The minimum Gasteiger partial charge on any atom is -0.387 e. The number of aliphatic hydroxyl groups is 1. The molecule has 2 rings (SSSR count). The molecule has 6 heteroatoms. The number of nitrogens with one attached hydrogen (secondary N) is 1. The fraction of sp³-hybridized carbons (Fsp3) is 0.400. The van der Waals surface area contributed by atoms with Gasteiger partial charge in [0.25, 0.3) is 0 Å². The Labute approximate surface area is 138 Å². The van der Waals surface area contributed by atoms with Crippen LogP contribution in [0.15, 0.2) is 18.2 Å². The van der Waals surface area contributed by atoms with Gasteiger partial charge in [-0.05, 0) is 39.0 Å². The predicted molar refractivity (Wildman–Crippen MR) is 89.4 cm³/mol. The number of aliphatic hydroxyl groups excluding tert-OH is 1. The summed E-state index contributed by atoms with van der Waals surface area (Å²) in [7, 11) is 0. The quantitative estimate of drug-likeness (QED) is 0.841. The van der Waals surface area contributed by atoms with Crippen LogP contribution >= 0.6 is 34.5 Å². The molecule has 114 valence electrons. The monoisotopic (exact) mass is 344 g/mol. The molecule has 0 fully saturated rings. The maximum absolute atomic E-state index is 10.3. The Hall–Kier alpha value is -0.650. The summed E-state index contributed by atoms with van der Waals surface area (Å²) in [5, 5.41) is 15.7. The Balaban J connectivity index is 2.02. The van der Waals surface area contributed by atoms with Crippen LogP contribution in [0.2, 0.25) is 10.0 Å². The smallest absolute Gasteiger partial charge is 0.0929 e. The molecule has 0 bridgehead atoms. The summed E-state index contributed by atoms with van der Waals surface area (Å²) >= 11 is 13.7. The summed E-state index contributed by atoms with van der Waals surface area (Å²) in [5.74, 6) is 0. The summed E-state index contributed by atoms with van der Waals surface area (Å²) in [6, 6.07) is 5.23. The van der Waals surface area contributed by atoms with Gasteiger partial charge in [-0.3, -0.25) is 0 Å². The molecule has 2 aromatic rings. The van der Waals surface area contributed by atoms with Crippen molar-refractivity contribution in [3.8, 4) is 0 Å². The van der Waals surface area contributed by atoms with E-state index in [0.717, 1.165) is 10.7 Å². The largest absolute Gasteiger partial charge is 0.387 e. The molecule has 1 aromatic carbocycles. The maximum atomic E-state index is 10.3. The van der Waals surface area contributed by atoms with Crippen molar-refractivity contribution in [1.29, 1.82) is 0 Å². The second-order valence-corrected chi connectivity index (χ2v) is 7.07. The maximum Gasteiger partial charge on any atom is 0.0929 e. The molecular formula is C15H18Cl2N2OS. The Morgan fingerprint density at radius 3 is 2.67 bits per heavy atom. The van der Waals surface area contributed by atoms with E-state index in [4.69, 9.17) is 23.2 Å². The first-order valence-electron chi connectivity index (χ1n) is 6.68. The van der Waals surface area contributed by atoms with Crippen LogP contribution in [-0.4, -0.2) is 16.6 Å². The van der Waals surface area contributed by atoms with Crippen LogP contribution in [0.3, 0.4) is 0 Å². The molecule has 0 spiro atoms. The molecule has 0 amide bonds. The van der Waals surface area contributed by atoms with Gasteiger partial charge in [-0.2, -0.15) is 0 Å². The fourth-order valence-electron chi connectivity index (χ4n) is 2.21. The van der Waals surface area contributed by atoms with E-state index in [9.17, 15) is 5.11 Å². The third-order valence-corrected chi connectivity index (χ3v) is 5.10. The van der Waals surface area contributed by atoms with E-state index in [0.29, 0.717) is 22.2 Å². The first kappa shape index (κ1) is 16.7. The lowest BCUT2D eigenvalue weighted by Gasteiger charge is -2.18. The van der Waals surface area contributed by atoms with Crippen molar-refractivity contribution >= 4 is 34.5 Å². The van der Waals surface area contributed by atoms with Gasteiger partial charge >= 0.3 is 0 Å². The van der Waals surface area contributed by atoms with Crippen LogP contribution in [-0.2, 0) is 0 Å². The average Bonchev–Trinajstić information content (AvgIpc) is 2.77. The first-order chi connectivity index (χ1) is 9.88. The molecule has 0 radical (unpaired) electrons. The van der Waals surface area contributed by atoms with Gasteiger partial charge in [0.05, 0.1) is 16.8 Å². The van der Waals surface area contributed by atoms with Gasteiger partial charge in [0, 0.05) is 33.1 Å². The van der Waals surface area contributed by atoms with Gasteiger partial charge in [0.2, 0.25) is 0 Å². The van der Waals surface area contributed by atoms with Crippen molar-refractivity contribution < 1.29 is 5.11 Å². The number of benzene rings is 1. The van der Waals surface area contributed by atoms with Crippen molar-refractivity contribution in [2.75, 3.05) is 6.54 Å². The van der Waals surface area contributed by atoms with E-state index in [1.807, 2.05) is 13.8 Å². The van der Waals surface area contributed by atoms with Crippen LogP contribution in [0.1, 0.15) is 40.2 Å². The molecule has 1 heterocycles. The lowest BCUT2D eigenvalue weighted by molar-refractivity contribution is 0.171. The molecule has 2 unspecified atom stereocenters. The van der Waals surface area contributed by atoms with Crippen LogP contribution in [0.4, 0.5) is 0 Å². The zero-order chi connectivity index (χ0) is 15.6. The van der Waals surface area contributed by atoms with E-state index in [1.54, 1.807) is 29.5 Å². The van der Waals surface area contributed by atoms with Crippen molar-refractivity contribution in [3.05, 3.63) is 49.4 Å². The zero-order valence-corrected chi connectivity index (χ0v) is 14.5. The number of nitrogens with zero attached hydrogens (tertiary/aromatic N) is 1. The van der Waals surface area contributed by atoms with Crippen LogP contribution < -0.4 is 5.32 Å². The molecule has 0 aliphatic carbocycles. The van der Waals surface area contributed by atoms with E-state index in [-0.39, 0.29) is 6.04 Å². The Morgan fingerprint density at radius 1 is 1.33 bits per heavy atom. The van der Waals surface area contributed by atoms with E-state index in [2.05, 4.69) is 17.2 Å². The molecule has 3 nitrogen and oxygen atoms in total. The van der Waals surface area contributed by atoms with E-state index < -0.39 is 6.10 Å². The van der Waals surface area contributed by atoms with E-state index in [1.165, 1.54) is 4.88 Å². The fourth-order valence-corrected chi connectivity index (χ4v) is 3.59. The molecule has 2 N–H and O–H groups in total. The predicted octanol–water partition coefficient (Wildman–Crippen LogP) is 4.45. The minimum absolute atomic E-state index is 0.129. The second kappa shape index (κ2) is 7.07. The lowest BCUT2D eigenvalue weighted by Crippen LogP contribution is -2.24. The summed E-state index contributed by atoms with van der Waals surface area (Å²) in [6.45, 7) is 6.46. The molecule has 1 aromatic heterocycles. The van der Waals surface area contributed by atoms with Gasteiger partial charge in [0.1, 0.15) is 0 Å². The summed E-state index contributed by atoms with van der Waals surface area (Å²) < 4.78 is 0. The van der Waals surface area contributed by atoms with Crippen molar-refractivity contribution in [2.45, 2.75) is 32.9 Å². The highest BCUT2D eigenvalue weighted by molar-refractivity contribution is 7.11. The van der Waals surface area contributed by atoms with Crippen molar-refractivity contribution in [2.24, 2.45) is 0 Å². The molecule has 0 saturated carbocycles. The zero-order valence-electron chi connectivity index (χ0n) is 12.2. The average molecular weight is 345 g/mol. The van der Waals surface area contributed by atoms with Crippen LogP contribution in [0, 0.1) is 13.8 Å². The summed E-state index contributed by atoms with van der Waals surface area (Å²) in [4.78, 5) is 5.61. The highest BCUT2D eigenvalue weighted by Crippen LogP contribution is 2.28. The number of hydrogen-bond acceptors (Lipinski definition) is 4. The van der Waals surface area contributed by atoms with Gasteiger partial charge in [-0.25, -0.2) is 4.98 Å². The lowest BCUT2D eigenvalue weighted by atomic mass is 10.1. The third kappa shape index (κ3) is 4.18.